The molecule has 0 atom stereocenters. The number of benzene rings is 3. The van der Waals surface area contributed by atoms with Crippen LogP contribution in [0.5, 0.6) is 5.75 Å². The molecule has 1 amide bonds. The number of ether oxygens (including phenoxy) is 1. The Morgan fingerprint density at radius 3 is 2.23 bits per heavy atom. The van der Waals surface area contributed by atoms with Gasteiger partial charge in [-0.2, -0.15) is 4.80 Å². The van der Waals surface area contributed by atoms with E-state index in [-0.39, 0.29) is 12.5 Å². The fourth-order valence-electron chi connectivity index (χ4n) is 3.20. The van der Waals surface area contributed by atoms with Crippen molar-refractivity contribution in [2.24, 2.45) is 0 Å². The summed E-state index contributed by atoms with van der Waals surface area (Å²) in [6.45, 7) is 0.600. The second-order valence-corrected chi connectivity index (χ2v) is 7.03. The third-order valence-corrected chi connectivity index (χ3v) is 4.88. The molecule has 1 N–H and O–H groups in total. The summed E-state index contributed by atoms with van der Waals surface area (Å²) in [5.41, 5.74) is 4.20. The van der Waals surface area contributed by atoms with Crippen LogP contribution in [0.1, 0.15) is 5.56 Å². The number of nitrogens with one attached hydrogen (secondary N) is 1. The van der Waals surface area contributed by atoms with Crippen molar-refractivity contribution in [3.8, 4) is 28.3 Å². The van der Waals surface area contributed by atoms with E-state index in [1.54, 1.807) is 7.11 Å². The van der Waals surface area contributed by atoms with Gasteiger partial charge in [0.15, 0.2) is 0 Å². The quantitative estimate of drug-likeness (QED) is 0.479. The largest absolute Gasteiger partial charge is 0.497 e. The van der Waals surface area contributed by atoms with Gasteiger partial charge in [0, 0.05) is 12.1 Å². The maximum Gasteiger partial charge on any atom is 0.243 e. The van der Waals surface area contributed by atoms with Gasteiger partial charge in [-0.15, -0.1) is 10.2 Å². The van der Waals surface area contributed by atoms with Gasteiger partial charge < -0.3 is 10.1 Å². The highest BCUT2D eigenvalue weighted by molar-refractivity contribution is 5.75. The molecule has 3 aromatic carbocycles. The van der Waals surface area contributed by atoms with Gasteiger partial charge in [0.1, 0.15) is 12.3 Å². The molecule has 1 aromatic heterocycles. The molecule has 31 heavy (non-hydrogen) atoms. The predicted molar refractivity (Wildman–Crippen MR) is 118 cm³/mol. The fraction of sp³-hybridized carbons (Fsp3) is 0.167. The lowest BCUT2D eigenvalue weighted by Gasteiger charge is -2.05. The zero-order valence-electron chi connectivity index (χ0n) is 17.2. The molecule has 1 heterocycles. The first-order chi connectivity index (χ1) is 15.2. The molecule has 0 saturated carbocycles. The maximum atomic E-state index is 12.1. The summed E-state index contributed by atoms with van der Waals surface area (Å²) in [6, 6.07) is 25.8. The topological polar surface area (TPSA) is 81.9 Å². The van der Waals surface area contributed by atoms with Gasteiger partial charge in [-0.3, -0.25) is 4.79 Å². The van der Waals surface area contributed by atoms with Gasteiger partial charge in [0.05, 0.1) is 7.11 Å². The summed E-state index contributed by atoms with van der Waals surface area (Å²) in [6.07, 6.45) is 0.781. The average molecular weight is 413 g/mol. The minimum Gasteiger partial charge on any atom is -0.497 e. The Bertz CT molecular complexity index is 1120. The number of amides is 1. The number of carbonyl (C=O) groups excluding carboxylic acids is 1. The Labute approximate surface area is 180 Å². The van der Waals surface area contributed by atoms with E-state index in [4.69, 9.17) is 4.74 Å². The third kappa shape index (κ3) is 5.33. The normalized spacial score (nSPS) is 10.6. The Hall–Kier alpha value is -4.00. The SMILES string of the molecule is COc1ccc(-c2ccc(-c3nnn(CC(=O)NCCc4ccccc4)n3)cc2)cc1. The molecule has 4 rings (SSSR count). The predicted octanol–water partition coefficient (Wildman–Crippen LogP) is 3.37. The van der Waals surface area contributed by atoms with E-state index in [2.05, 4.69) is 20.7 Å². The molecule has 0 aliphatic heterocycles. The molecule has 156 valence electrons. The van der Waals surface area contributed by atoms with Crippen LogP contribution in [0.4, 0.5) is 0 Å². The minimum absolute atomic E-state index is 0.0335. The van der Waals surface area contributed by atoms with Gasteiger partial charge in [0.2, 0.25) is 11.7 Å². The highest BCUT2D eigenvalue weighted by Gasteiger charge is 2.10. The van der Waals surface area contributed by atoms with E-state index in [0.717, 1.165) is 28.9 Å². The molecule has 0 bridgehead atoms. The molecule has 0 aliphatic rings. The van der Waals surface area contributed by atoms with Crippen molar-refractivity contribution < 1.29 is 9.53 Å². The molecule has 7 nitrogen and oxygen atoms in total. The van der Waals surface area contributed by atoms with Gasteiger partial charge in [-0.1, -0.05) is 66.7 Å². The molecular weight excluding hydrogens is 390 g/mol. The summed E-state index contributed by atoms with van der Waals surface area (Å²) in [7, 11) is 1.65. The summed E-state index contributed by atoms with van der Waals surface area (Å²) >= 11 is 0. The van der Waals surface area contributed by atoms with Crippen LogP contribution in [0.25, 0.3) is 22.5 Å². The lowest BCUT2D eigenvalue weighted by molar-refractivity contribution is -0.122. The van der Waals surface area contributed by atoms with Crippen molar-refractivity contribution in [3.63, 3.8) is 0 Å². The highest BCUT2D eigenvalue weighted by Crippen LogP contribution is 2.24. The second-order valence-electron chi connectivity index (χ2n) is 7.03. The first kappa shape index (κ1) is 20.3. The van der Waals surface area contributed by atoms with E-state index in [1.165, 1.54) is 10.4 Å². The lowest BCUT2D eigenvalue weighted by Crippen LogP contribution is -2.30. The van der Waals surface area contributed by atoms with Crippen LogP contribution in [0.15, 0.2) is 78.9 Å². The Kier molecular flexibility index (Phi) is 6.32. The zero-order chi connectivity index (χ0) is 21.5. The zero-order valence-corrected chi connectivity index (χ0v) is 17.2. The van der Waals surface area contributed by atoms with Crippen molar-refractivity contribution >= 4 is 5.91 Å². The van der Waals surface area contributed by atoms with E-state index < -0.39 is 0 Å². The summed E-state index contributed by atoms with van der Waals surface area (Å²) < 4.78 is 5.20. The van der Waals surface area contributed by atoms with E-state index >= 15 is 0 Å². The maximum absolute atomic E-state index is 12.1. The number of tetrazole rings is 1. The third-order valence-electron chi connectivity index (χ3n) is 4.88. The molecule has 4 aromatic rings. The summed E-state index contributed by atoms with van der Waals surface area (Å²) in [5.74, 6) is 1.17. The summed E-state index contributed by atoms with van der Waals surface area (Å²) in [5, 5.41) is 15.3. The molecule has 0 aliphatic carbocycles. The Balaban J connectivity index is 1.33. The minimum atomic E-state index is -0.144. The first-order valence-corrected chi connectivity index (χ1v) is 10.0. The monoisotopic (exact) mass is 413 g/mol. The van der Waals surface area contributed by atoms with Crippen LogP contribution in [-0.4, -0.2) is 39.8 Å². The standard InChI is InChI=1S/C24H23N5O2/c1-31-22-13-11-20(12-14-22)19-7-9-21(10-8-19)24-26-28-29(27-24)17-23(30)25-16-15-18-5-3-2-4-6-18/h2-14H,15-17H2,1H3,(H,25,30). The highest BCUT2D eigenvalue weighted by atomic mass is 16.5. The summed E-state index contributed by atoms with van der Waals surface area (Å²) in [4.78, 5) is 13.5. The second kappa shape index (κ2) is 9.67. The number of aromatic nitrogens is 4. The first-order valence-electron chi connectivity index (χ1n) is 10.0. The number of carbonyl (C=O) groups is 1. The number of nitrogens with zero attached hydrogens (tertiary/aromatic N) is 4. The fourth-order valence-corrected chi connectivity index (χ4v) is 3.20. The molecule has 0 spiro atoms. The number of methoxy groups -OCH3 is 1. The molecule has 0 unspecified atom stereocenters. The van der Waals surface area contributed by atoms with E-state index in [1.807, 2.05) is 78.9 Å². The van der Waals surface area contributed by atoms with Crippen molar-refractivity contribution in [3.05, 3.63) is 84.4 Å². The Morgan fingerprint density at radius 2 is 1.55 bits per heavy atom. The molecular formula is C24H23N5O2. The van der Waals surface area contributed by atoms with Crippen molar-refractivity contribution in [1.82, 2.24) is 25.5 Å². The van der Waals surface area contributed by atoms with E-state index in [0.29, 0.717) is 12.4 Å². The number of rotatable bonds is 8. The average Bonchev–Trinajstić information content (AvgIpc) is 3.28. The van der Waals surface area contributed by atoms with Crippen LogP contribution in [0, 0.1) is 0 Å². The van der Waals surface area contributed by atoms with Gasteiger partial charge >= 0.3 is 0 Å². The molecule has 0 radical (unpaired) electrons. The van der Waals surface area contributed by atoms with Crippen LogP contribution < -0.4 is 10.1 Å². The van der Waals surface area contributed by atoms with Gasteiger partial charge in [0.25, 0.3) is 0 Å². The van der Waals surface area contributed by atoms with Gasteiger partial charge in [-0.25, -0.2) is 0 Å². The van der Waals surface area contributed by atoms with Crippen LogP contribution in [0.3, 0.4) is 0 Å². The van der Waals surface area contributed by atoms with Crippen LogP contribution in [0.2, 0.25) is 0 Å². The molecule has 0 fully saturated rings. The lowest BCUT2D eigenvalue weighted by atomic mass is 10.0. The van der Waals surface area contributed by atoms with Crippen LogP contribution in [-0.2, 0) is 17.8 Å². The smallest absolute Gasteiger partial charge is 0.243 e. The molecule has 7 heteroatoms. The Morgan fingerprint density at radius 1 is 0.903 bits per heavy atom. The van der Waals surface area contributed by atoms with E-state index in [9.17, 15) is 4.79 Å². The van der Waals surface area contributed by atoms with Crippen LogP contribution >= 0.6 is 0 Å². The van der Waals surface area contributed by atoms with Crippen molar-refractivity contribution in [2.75, 3.05) is 13.7 Å². The molecule has 0 saturated heterocycles. The van der Waals surface area contributed by atoms with Gasteiger partial charge in [-0.05, 0) is 40.5 Å². The van der Waals surface area contributed by atoms with Crippen molar-refractivity contribution in [1.29, 1.82) is 0 Å². The number of hydrogen-bond donors (Lipinski definition) is 1. The number of hydrogen-bond acceptors (Lipinski definition) is 5. The van der Waals surface area contributed by atoms with Crippen molar-refractivity contribution in [2.45, 2.75) is 13.0 Å².